The fourth-order valence-electron chi connectivity index (χ4n) is 2.46. The van der Waals surface area contributed by atoms with Crippen molar-refractivity contribution in [3.63, 3.8) is 0 Å². The topological polar surface area (TPSA) is 69.7 Å². The third kappa shape index (κ3) is 2.35. The molecule has 2 aromatic carbocycles. The van der Waals surface area contributed by atoms with Gasteiger partial charge in [0, 0.05) is 12.0 Å². The Balaban J connectivity index is 2.02. The third-order valence-corrected chi connectivity index (χ3v) is 5.64. The predicted molar refractivity (Wildman–Crippen MR) is 79.7 cm³/mol. The monoisotopic (exact) mass is 318 g/mol. The highest BCUT2D eigenvalue weighted by molar-refractivity contribution is 7.92. The van der Waals surface area contributed by atoms with Crippen LogP contribution in [-0.4, -0.2) is 26.7 Å². The van der Waals surface area contributed by atoms with Crippen LogP contribution in [0.4, 0.5) is 0 Å². The zero-order valence-electron chi connectivity index (χ0n) is 11.9. The standard InChI is InChI=1S/C16H14O5S/c1-20-13-9-5-6-11-10-14(16(17)21-15(11)13)22(18,19)12-7-3-2-4-8-12/h2-9,14H,10H2,1H3/t14-/m0/s1. The average Bonchev–Trinajstić information content (AvgIpc) is 2.54. The molecule has 1 heterocycles. The van der Waals surface area contributed by atoms with E-state index in [1.165, 1.54) is 19.2 Å². The van der Waals surface area contributed by atoms with Crippen LogP contribution in [0, 0.1) is 0 Å². The van der Waals surface area contributed by atoms with Crippen molar-refractivity contribution in [3.8, 4) is 11.5 Å². The number of para-hydroxylation sites is 1. The number of methoxy groups -OCH3 is 1. The molecule has 1 atom stereocenters. The van der Waals surface area contributed by atoms with E-state index in [4.69, 9.17) is 9.47 Å². The molecule has 0 fully saturated rings. The molecule has 2 aromatic rings. The lowest BCUT2D eigenvalue weighted by Gasteiger charge is -2.24. The summed E-state index contributed by atoms with van der Waals surface area (Å²) in [5, 5.41) is -1.24. The summed E-state index contributed by atoms with van der Waals surface area (Å²) in [5.41, 5.74) is 0.642. The highest BCUT2D eigenvalue weighted by Gasteiger charge is 2.40. The maximum Gasteiger partial charge on any atom is 0.330 e. The quantitative estimate of drug-likeness (QED) is 0.639. The second kappa shape index (κ2) is 5.46. The molecule has 0 spiro atoms. The normalized spacial score (nSPS) is 17.5. The van der Waals surface area contributed by atoms with Gasteiger partial charge < -0.3 is 9.47 Å². The van der Waals surface area contributed by atoms with E-state index < -0.39 is 21.1 Å². The Morgan fingerprint density at radius 3 is 2.50 bits per heavy atom. The number of hydrogen-bond acceptors (Lipinski definition) is 5. The summed E-state index contributed by atoms with van der Waals surface area (Å²) in [6.45, 7) is 0. The maximum atomic E-state index is 12.6. The number of esters is 1. The van der Waals surface area contributed by atoms with Crippen LogP contribution < -0.4 is 9.47 Å². The summed E-state index contributed by atoms with van der Waals surface area (Å²) in [6.07, 6.45) is 0.0720. The van der Waals surface area contributed by atoms with Crippen molar-refractivity contribution in [2.75, 3.05) is 7.11 Å². The average molecular weight is 318 g/mol. The van der Waals surface area contributed by atoms with Gasteiger partial charge in [-0.3, -0.25) is 4.79 Å². The Morgan fingerprint density at radius 1 is 1.09 bits per heavy atom. The molecule has 1 aliphatic rings. The van der Waals surface area contributed by atoms with Gasteiger partial charge in [-0.25, -0.2) is 8.42 Å². The molecule has 0 radical (unpaired) electrons. The van der Waals surface area contributed by atoms with Gasteiger partial charge in [-0.05, 0) is 18.2 Å². The van der Waals surface area contributed by atoms with E-state index >= 15 is 0 Å². The van der Waals surface area contributed by atoms with Crippen molar-refractivity contribution >= 4 is 15.8 Å². The van der Waals surface area contributed by atoms with E-state index in [0.717, 1.165) is 0 Å². The highest BCUT2D eigenvalue weighted by Crippen LogP contribution is 2.37. The number of carbonyl (C=O) groups is 1. The van der Waals surface area contributed by atoms with Gasteiger partial charge in [0.2, 0.25) is 0 Å². The Kier molecular flexibility index (Phi) is 3.62. The molecule has 0 aliphatic carbocycles. The summed E-state index contributed by atoms with van der Waals surface area (Å²) >= 11 is 0. The lowest BCUT2D eigenvalue weighted by Crippen LogP contribution is -2.39. The fourth-order valence-corrected chi connectivity index (χ4v) is 4.02. The minimum Gasteiger partial charge on any atom is -0.493 e. The van der Waals surface area contributed by atoms with E-state index in [1.807, 2.05) is 0 Å². The van der Waals surface area contributed by atoms with Crippen LogP contribution in [0.1, 0.15) is 5.56 Å². The molecule has 0 amide bonds. The molecular formula is C16H14O5S. The van der Waals surface area contributed by atoms with Gasteiger partial charge in [-0.1, -0.05) is 30.3 Å². The first-order chi connectivity index (χ1) is 10.5. The van der Waals surface area contributed by atoms with Crippen molar-refractivity contribution in [2.45, 2.75) is 16.6 Å². The van der Waals surface area contributed by atoms with Crippen LogP contribution in [-0.2, 0) is 21.1 Å². The minimum absolute atomic E-state index is 0.0720. The summed E-state index contributed by atoms with van der Waals surface area (Å²) in [7, 11) is -2.32. The van der Waals surface area contributed by atoms with Gasteiger partial charge in [-0.2, -0.15) is 0 Å². The first-order valence-corrected chi connectivity index (χ1v) is 8.25. The second-order valence-corrected chi connectivity index (χ2v) is 7.05. The number of rotatable bonds is 3. The molecule has 3 rings (SSSR count). The Bertz CT molecular complexity index is 812. The van der Waals surface area contributed by atoms with Gasteiger partial charge in [0.05, 0.1) is 12.0 Å². The summed E-state index contributed by atoms with van der Waals surface area (Å²) < 4.78 is 35.6. The van der Waals surface area contributed by atoms with Crippen molar-refractivity contribution in [1.82, 2.24) is 0 Å². The first kappa shape index (κ1) is 14.6. The summed E-state index contributed by atoms with van der Waals surface area (Å²) in [4.78, 5) is 12.3. The van der Waals surface area contributed by atoms with Crippen LogP contribution in [0.2, 0.25) is 0 Å². The molecule has 0 saturated heterocycles. The SMILES string of the molecule is COc1cccc2c1OC(=O)[C@@H](S(=O)(=O)c1ccccc1)C2. The van der Waals surface area contributed by atoms with E-state index in [0.29, 0.717) is 17.1 Å². The van der Waals surface area contributed by atoms with Gasteiger partial charge in [0.25, 0.3) is 0 Å². The molecule has 22 heavy (non-hydrogen) atoms. The molecule has 1 aliphatic heterocycles. The number of benzene rings is 2. The van der Waals surface area contributed by atoms with Crippen molar-refractivity contribution < 1.29 is 22.7 Å². The largest absolute Gasteiger partial charge is 0.493 e. The van der Waals surface area contributed by atoms with E-state index in [1.54, 1.807) is 36.4 Å². The van der Waals surface area contributed by atoms with E-state index in [9.17, 15) is 13.2 Å². The zero-order valence-corrected chi connectivity index (χ0v) is 12.7. The van der Waals surface area contributed by atoms with Gasteiger partial charge in [0.15, 0.2) is 26.6 Å². The van der Waals surface area contributed by atoms with Crippen molar-refractivity contribution in [2.24, 2.45) is 0 Å². The molecule has 0 saturated carbocycles. The van der Waals surface area contributed by atoms with Crippen molar-refractivity contribution in [3.05, 3.63) is 54.1 Å². The number of hydrogen-bond donors (Lipinski definition) is 0. The maximum absolute atomic E-state index is 12.6. The molecule has 114 valence electrons. The Hall–Kier alpha value is -2.34. The summed E-state index contributed by atoms with van der Waals surface area (Å²) in [5.74, 6) is -0.0585. The van der Waals surface area contributed by atoms with Crippen molar-refractivity contribution in [1.29, 1.82) is 0 Å². The molecule has 0 aromatic heterocycles. The highest BCUT2D eigenvalue weighted by atomic mass is 32.2. The van der Waals surface area contributed by atoms with Gasteiger partial charge in [0.1, 0.15) is 0 Å². The molecule has 0 bridgehead atoms. The zero-order chi connectivity index (χ0) is 15.7. The summed E-state index contributed by atoms with van der Waals surface area (Å²) in [6, 6.07) is 13.1. The van der Waals surface area contributed by atoms with Crippen LogP contribution in [0.25, 0.3) is 0 Å². The van der Waals surface area contributed by atoms with Gasteiger partial charge >= 0.3 is 5.97 Å². The lowest BCUT2D eigenvalue weighted by atomic mass is 10.1. The van der Waals surface area contributed by atoms with E-state index in [2.05, 4.69) is 0 Å². The molecule has 5 nitrogen and oxygen atoms in total. The van der Waals surface area contributed by atoms with Crippen LogP contribution >= 0.6 is 0 Å². The number of ether oxygens (including phenoxy) is 2. The van der Waals surface area contributed by atoms with Gasteiger partial charge in [-0.15, -0.1) is 0 Å². The first-order valence-electron chi connectivity index (χ1n) is 6.70. The van der Waals surface area contributed by atoms with E-state index in [-0.39, 0.29) is 11.3 Å². The molecular weight excluding hydrogens is 304 g/mol. The molecule has 0 N–H and O–H groups in total. The number of carbonyl (C=O) groups excluding carboxylic acids is 1. The second-order valence-electron chi connectivity index (χ2n) is 4.92. The Labute approximate surface area is 128 Å². The Morgan fingerprint density at radius 2 is 1.82 bits per heavy atom. The minimum atomic E-state index is -3.79. The predicted octanol–water partition coefficient (Wildman–Crippen LogP) is 2.00. The molecule has 6 heteroatoms. The van der Waals surface area contributed by atoms with Crippen LogP contribution in [0.3, 0.4) is 0 Å². The smallest absolute Gasteiger partial charge is 0.330 e. The number of fused-ring (bicyclic) bond motifs is 1. The fraction of sp³-hybridized carbons (Fsp3) is 0.188. The molecule has 0 unspecified atom stereocenters. The van der Waals surface area contributed by atoms with Crippen LogP contribution in [0.15, 0.2) is 53.4 Å². The lowest BCUT2D eigenvalue weighted by molar-refractivity contribution is -0.134. The third-order valence-electron chi connectivity index (χ3n) is 3.60. The van der Waals surface area contributed by atoms with Crippen LogP contribution in [0.5, 0.6) is 11.5 Å². The number of sulfone groups is 1.